The summed E-state index contributed by atoms with van der Waals surface area (Å²) in [4.78, 5) is 2.38. The van der Waals surface area contributed by atoms with Crippen molar-refractivity contribution < 1.29 is 9.94 Å². The van der Waals surface area contributed by atoms with Gasteiger partial charge in [-0.3, -0.25) is 4.90 Å². The van der Waals surface area contributed by atoms with Gasteiger partial charge in [-0.05, 0) is 18.1 Å². The second-order valence-corrected chi connectivity index (χ2v) is 4.82. The maximum absolute atomic E-state index is 8.70. The van der Waals surface area contributed by atoms with E-state index < -0.39 is 0 Å². The number of rotatable bonds is 4. The fourth-order valence-corrected chi connectivity index (χ4v) is 2.32. The van der Waals surface area contributed by atoms with E-state index in [1.54, 1.807) is 0 Å². The summed E-state index contributed by atoms with van der Waals surface area (Å²) in [7, 11) is 0. The largest absolute Gasteiger partial charge is 0.409 e. The molecule has 1 unspecified atom stereocenters. The molecule has 1 aromatic rings. The van der Waals surface area contributed by atoms with Gasteiger partial charge in [-0.2, -0.15) is 0 Å². The molecule has 0 amide bonds. The third-order valence-electron chi connectivity index (χ3n) is 3.41. The molecule has 1 aliphatic rings. The Bertz CT molecular complexity index is 448. The summed E-state index contributed by atoms with van der Waals surface area (Å²) in [6, 6.07) is 7.79. The predicted octanol–water partition coefficient (Wildman–Crippen LogP) is 1.39. The number of hydrogen-bond acceptors (Lipinski definition) is 4. The van der Waals surface area contributed by atoms with Gasteiger partial charge in [0.05, 0.1) is 12.7 Å². The molecule has 1 saturated heterocycles. The van der Waals surface area contributed by atoms with Crippen molar-refractivity contribution in [3.63, 3.8) is 0 Å². The highest BCUT2D eigenvalue weighted by Crippen LogP contribution is 2.13. The Morgan fingerprint density at radius 2 is 2.42 bits per heavy atom. The summed E-state index contributed by atoms with van der Waals surface area (Å²) in [5, 5.41) is 11.7. The van der Waals surface area contributed by atoms with Gasteiger partial charge in [0.15, 0.2) is 5.84 Å². The van der Waals surface area contributed by atoms with Gasteiger partial charge in [-0.25, -0.2) is 0 Å². The van der Waals surface area contributed by atoms with Crippen molar-refractivity contribution in [2.45, 2.75) is 26.0 Å². The smallest absolute Gasteiger partial charge is 0.170 e. The standard InChI is InChI=1S/C14H21N3O2/c1-2-13-10-17(6-7-19-13)9-11-4-3-5-12(8-11)14(15)16-18/h3-5,8,13,18H,2,6-7,9-10H2,1H3,(H2,15,16). The molecule has 1 aliphatic heterocycles. The van der Waals surface area contributed by atoms with Crippen LogP contribution in [0.1, 0.15) is 24.5 Å². The lowest BCUT2D eigenvalue weighted by atomic mass is 10.1. The number of oxime groups is 1. The lowest BCUT2D eigenvalue weighted by molar-refractivity contribution is -0.0324. The monoisotopic (exact) mass is 263 g/mol. The molecule has 1 heterocycles. The summed E-state index contributed by atoms with van der Waals surface area (Å²) in [6.07, 6.45) is 1.38. The van der Waals surface area contributed by atoms with Crippen LogP contribution in [0.25, 0.3) is 0 Å². The Labute approximate surface area is 113 Å². The first kappa shape index (κ1) is 13.8. The average molecular weight is 263 g/mol. The van der Waals surface area contributed by atoms with E-state index in [2.05, 4.69) is 23.0 Å². The van der Waals surface area contributed by atoms with Crippen molar-refractivity contribution in [2.24, 2.45) is 10.9 Å². The molecule has 19 heavy (non-hydrogen) atoms. The van der Waals surface area contributed by atoms with Crippen molar-refractivity contribution in [1.29, 1.82) is 0 Å². The van der Waals surface area contributed by atoms with Crippen LogP contribution in [0.4, 0.5) is 0 Å². The van der Waals surface area contributed by atoms with Gasteiger partial charge >= 0.3 is 0 Å². The van der Waals surface area contributed by atoms with E-state index in [0.29, 0.717) is 6.10 Å². The normalized spacial score (nSPS) is 21.5. The lowest BCUT2D eigenvalue weighted by Gasteiger charge is -2.32. The van der Waals surface area contributed by atoms with E-state index >= 15 is 0 Å². The van der Waals surface area contributed by atoms with Gasteiger partial charge in [-0.1, -0.05) is 30.3 Å². The van der Waals surface area contributed by atoms with Crippen molar-refractivity contribution in [3.05, 3.63) is 35.4 Å². The van der Waals surface area contributed by atoms with Crippen LogP contribution in [0.15, 0.2) is 29.4 Å². The molecule has 0 aromatic heterocycles. The van der Waals surface area contributed by atoms with Gasteiger partial charge in [-0.15, -0.1) is 0 Å². The van der Waals surface area contributed by atoms with Gasteiger partial charge in [0.1, 0.15) is 0 Å². The Balaban J connectivity index is 2.02. The van der Waals surface area contributed by atoms with E-state index in [4.69, 9.17) is 15.7 Å². The van der Waals surface area contributed by atoms with Crippen LogP contribution in [-0.2, 0) is 11.3 Å². The first-order chi connectivity index (χ1) is 9.22. The van der Waals surface area contributed by atoms with Crippen LogP contribution in [0.5, 0.6) is 0 Å². The summed E-state index contributed by atoms with van der Waals surface area (Å²) in [6.45, 7) is 5.71. The molecular formula is C14H21N3O2. The SMILES string of the molecule is CCC1CN(Cc2cccc(/C(N)=N/O)c2)CCO1. The maximum atomic E-state index is 8.70. The van der Waals surface area contributed by atoms with E-state index in [-0.39, 0.29) is 5.84 Å². The summed E-state index contributed by atoms with van der Waals surface area (Å²) < 4.78 is 5.66. The van der Waals surface area contributed by atoms with Crippen LogP contribution in [0.3, 0.4) is 0 Å². The van der Waals surface area contributed by atoms with Crippen molar-refractivity contribution in [1.82, 2.24) is 4.90 Å². The molecule has 1 aromatic carbocycles. The quantitative estimate of drug-likeness (QED) is 0.373. The molecule has 0 bridgehead atoms. The molecular weight excluding hydrogens is 242 g/mol. The summed E-state index contributed by atoms with van der Waals surface area (Å²) in [5.41, 5.74) is 7.52. The lowest BCUT2D eigenvalue weighted by Crippen LogP contribution is -2.41. The van der Waals surface area contributed by atoms with Gasteiger partial charge in [0.2, 0.25) is 0 Å². The highest BCUT2D eigenvalue weighted by Gasteiger charge is 2.18. The zero-order chi connectivity index (χ0) is 13.7. The minimum atomic E-state index is 0.148. The zero-order valence-electron chi connectivity index (χ0n) is 11.2. The van der Waals surface area contributed by atoms with Gasteiger partial charge in [0.25, 0.3) is 0 Å². The van der Waals surface area contributed by atoms with Crippen LogP contribution in [0, 0.1) is 0 Å². The van der Waals surface area contributed by atoms with E-state index in [1.165, 1.54) is 5.56 Å². The van der Waals surface area contributed by atoms with E-state index in [9.17, 15) is 0 Å². The molecule has 2 rings (SSSR count). The molecule has 0 aliphatic carbocycles. The number of hydrogen-bond donors (Lipinski definition) is 2. The molecule has 1 fully saturated rings. The van der Waals surface area contributed by atoms with Crippen LogP contribution < -0.4 is 5.73 Å². The van der Waals surface area contributed by atoms with Crippen LogP contribution in [-0.4, -0.2) is 41.7 Å². The molecule has 104 valence electrons. The second kappa shape index (κ2) is 6.54. The molecule has 0 spiro atoms. The van der Waals surface area contributed by atoms with Gasteiger partial charge < -0.3 is 15.7 Å². The first-order valence-corrected chi connectivity index (χ1v) is 6.63. The zero-order valence-corrected chi connectivity index (χ0v) is 11.2. The Morgan fingerprint density at radius 3 is 3.16 bits per heavy atom. The predicted molar refractivity (Wildman–Crippen MR) is 74.3 cm³/mol. The molecule has 5 heteroatoms. The fraction of sp³-hybridized carbons (Fsp3) is 0.500. The van der Waals surface area contributed by atoms with Crippen molar-refractivity contribution >= 4 is 5.84 Å². The topological polar surface area (TPSA) is 71.1 Å². The first-order valence-electron chi connectivity index (χ1n) is 6.63. The number of morpholine rings is 1. The minimum Gasteiger partial charge on any atom is -0.409 e. The summed E-state index contributed by atoms with van der Waals surface area (Å²) in [5.74, 6) is 0.148. The summed E-state index contributed by atoms with van der Waals surface area (Å²) >= 11 is 0. The molecule has 0 saturated carbocycles. The fourth-order valence-electron chi connectivity index (χ4n) is 2.32. The molecule has 1 atom stereocenters. The third kappa shape index (κ3) is 3.68. The Hall–Kier alpha value is -1.59. The highest BCUT2D eigenvalue weighted by atomic mass is 16.5. The molecule has 3 N–H and O–H groups in total. The Kier molecular flexibility index (Phi) is 4.76. The molecule has 0 radical (unpaired) electrons. The number of amidine groups is 1. The van der Waals surface area contributed by atoms with Crippen LogP contribution in [0.2, 0.25) is 0 Å². The highest BCUT2D eigenvalue weighted by molar-refractivity contribution is 5.97. The number of nitrogens with zero attached hydrogens (tertiary/aromatic N) is 2. The molecule has 5 nitrogen and oxygen atoms in total. The van der Waals surface area contributed by atoms with E-state index in [0.717, 1.165) is 38.2 Å². The number of benzene rings is 1. The number of ether oxygens (including phenoxy) is 1. The second-order valence-electron chi connectivity index (χ2n) is 4.82. The van der Waals surface area contributed by atoms with Crippen molar-refractivity contribution in [3.8, 4) is 0 Å². The number of nitrogens with two attached hydrogens (primary N) is 1. The third-order valence-corrected chi connectivity index (χ3v) is 3.41. The van der Waals surface area contributed by atoms with Crippen molar-refractivity contribution in [2.75, 3.05) is 19.7 Å². The van der Waals surface area contributed by atoms with E-state index in [1.807, 2.05) is 18.2 Å². The van der Waals surface area contributed by atoms with Crippen LogP contribution >= 0.6 is 0 Å². The Morgan fingerprint density at radius 1 is 1.58 bits per heavy atom. The van der Waals surface area contributed by atoms with Gasteiger partial charge in [0, 0.05) is 25.2 Å². The minimum absolute atomic E-state index is 0.148. The average Bonchev–Trinajstić information content (AvgIpc) is 2.47. The maximum Gasteiger partial charge on any atom is 0.170 e.